The highest BCUT2D eigenvalue weighted by atomic mass is 35.5. The van der Waals surface area contributed by atoms with Crippen molar-refractivity contribution in [2.24, 2.45) is 0 Å². The maximum Gasteiger partial charge on any atom is 0.290 e. The third-order valence-corrected chi connectivity index (χ3v) is 4.57. The van der Waals surface area contributed by atoms with Gasteiger partial charge in [-0.15, -0.1) is 0 Å². The summed E-state index contributed by atoms with van der Waals surface area (Å²) in [5.41, 5.74) is 3.37. The number of para-hydroxylation sites is 1. The molecular weight excluding hydrogens is 314 g/mol. The number of nitrogens with one attached hydrogen (secondary N) is 1. The minimum absolute atomic E-state index is 0.0644. The molecule has 0 unspecified atom stereocenters. The Morgan fingerprint density at radius 1 is 1.39 bits per heavy atom. The number of hydrogen-bond donors (Lipinski definition) is 1. The second kappa shape index (κ2) is 5.31. The molecule has 0 aliphatic carbocycles. The van der Waals surface area contributed by atoms with Gasteiger partial charge in [0.2, 0.25) is 0 Å². The number of rotatable bonds is 1. The molecule has 1 atom stereocenters. The topological polar surface area (TPSA) is 74.8 Å². The zero-order valence-electron chi connectivity index (χ0n) is 12.5. The van der Waals surface area contributed by atoms with Crippen LogP contribution in [0.4, 0.5) is 0 Å². The van der Waals surface area contributed by atoms with Gasteiger partial charge in [-0.2, -0.15) is 10.2 Å². The zero-order chi connectivity index (χ0) is 16.0. The number of carbonyl (C=O) groups excluding carboxylic acids is 1. The number of H-pyrrole nitrogens is 1. The summed E-state index contributed by atoms with van der Waals surface area (Å²) in [6.45, 7) is 2.59. The first-order valence-electron chi connectivity index (χ1n) is 7.41. The quantitative estimate of drug-likeness (QED) is 0.745. The highest BCUT2D eigenvalue weighted by Gasteiger charge is 2.30. The Kier molecular flexibility index (Phi) is 3.27. The molecule has 0 fully saturated rings. The van der Waals surface area contributed by atoms with Gasteiger partial charge >= 0.3 is 0 Å². The molecule has 1 N–H and O–H groups in total. The lowest BCUT2D eigenvalue weighted by atomic mass is 9.99. The number of fused-ring (bicyclic) bond motifs is 2. The summed E-state index contributed by atoms with van der Waals surface area (Å²) >= 11 is 6.13. The van der Waals surface area contributed by atoms with E-state index < -0.39 is 0 Å². The van der Waals surface area contributed by atoms with Crippen LogP contribution in [0.1, 0.15) is 34.8 Å². The van der Waals surface area contributed by atoms with E-state index in [1.165, 1.54) is 0 Å². The van der Waals surface area contributed by atoms with Crippen molar-refractivity contribution in [1.29, 1.82) is 0 Å². The van der Waals surface area contributed by atoms with Gasteiger partial charge in [-0.3, -0.25) is 4.79 Å². The molecule has 1 aliphatic rings. The van der Waals surface area contributed by atoms with Crippen molar-refractivity contribution >= 4 is 28.5 Å². The fourth-order valence-corrected chi connectivity index (χ4v) is 3.26. The molecule has 0 saturated carbocycles. The number of imidazole rings is 1. The Hall–Kier alpha value is -2.47. The molecule has 116 valence electrons. The van der Waals surface area contributed by atoms with Gasteiger partial charge in [0.05, 0.1) is 22.3 Å². The summed E-state index contributed by atoms with van der Waals surface area (Å²) in [6.07, 6.45) is 2.35. The lowest BCUT2D eigenvalue weighted by molar-refractivity contribution is 0.0664. The number of halogens is 1. The van der Waals surface area contributed by atoms with Gasteiger partial charge in [0.25, 0.3) is 5.91 Å². The number of nitrogens with zero attached hydrogens (tertiary/aromatic N) is 4. The highest BCUT2D eigenvalue weighted by Crippen LogP contribution is 2.29. The van der Waals surface area contributed by atoms with Crippen LogP contribution in [0.25, 0.3) is 11.0 Å². The molecular formula is C16H14ClN5O. The van der Waals surface area contributed by atoms with Crippen molar-refractivity contribution < 1.29 is 4.79 Å². The van der Waals surface area contributed by atoms with E-state index in [0.29, 0.717) is 29.3 Å². The van der Waals surface area contributed by atoms with Crippen LogP contribution >= 0.6 is 11.6 Å². The van der Waals surface area contributed by atoms with Crippen LogP contribution < -0.4 is 0 Å². The van der Waals surface area contributed by atoms with E-state index in [0.717, 1.165) is 16.8 Å². The number of aromatic nitrogens is 4. The largest absolute Gasteiger partial charge is 0.334 e. The van der Waals surface area contributed by atoms with E-state index in [1.54, 1.807) is 17.2 Å². The molecule has 0 bridgehead atoms. The Balaban J connectivity index is 1.70. The second-order valence-electron chi connectivity index (χ2n) is 5.58. The number of benzene rings is 1. The molecule has 1 amide bonds. The Morgan fingerprint density at radius 3 is 3.09 bits per heavy atom. The molecule has 6 nitrogen and oxygen atoms in total. The lowest BCUT2D eigenvalue weighted by Gasteiger charge is -2.33. The average Bonchev–Trinajstić information content (AvgIpc) is 3.01. The van der Waals surface area contributed by atoms with Crippen molar-refractivity contribution in [3.05, 3.63) is 52.6 Å². The minimum Gasteiger partial charge on any atom is -0.334 e. The number of amides is 1. The van der Waals surface area contributed by atoms with E-state index in [2.05, 4.69) is 20.2 Å². The molecule has 1 aromatic carbocycles. The maximum absolute atomic E-state index is 12.9. The SMILES string of the molecule is C[C@@H]1c2ccnnc2CCN1C(=O)c1nc2c(Cl)cccc2[nH]1. The Labute approximate surface area is 137 Å². The van der Waals surface area contributed by atoms with Crippen LogP contribution in [0, 0.1) is 0 Å². The predicted molar refractivity (Wildman–Crippen MR) is 86.3 cm³/mol. The fourth-order valence-electron chi connectivity index (χ4n) is 3.05. The van der Waals surface area contributed by atoms with Crippen molar-refractivity contribution in [1.82, 2.24) is 25.1 Å². The summed E-state index contributed by atoms with van der Waals surface area (Å²) in [5.74, 6) is 0.178. The van der Waals surface area contributed by atoms with Gasteiger partial charge in [-0.25, -0.2) is 4.98 Å². The monoisotopic (exact) mass is 327 g/mol. The van der Waals surface area contributed by atoms with Gasteiger partial charge in [0.1, 0.15) is 5.52 Å². The van der Waals surface area contributed by atoms with E-state index in [1.807, 2.05) is 25.1 Å². The van der Waals surface area contributed by atoms with Crippen LogP contribution in [0.15, 0.2) is 30.5 Å². The maximum atomic E-state index is 12.9. The summed E-state index contributed by atoms with van der Waals surface area (Å²) in [7, 11) is 0. The molecule has 3 heterocycles. The molecule has 0 saturated heterocycles. The fraction of sp³-hybridized carbons (Fsp3) is 0.250. The predicted octanol–water partition coefficient (Wildman–Crippen LogP) is 2.77. The number of hydrogen-bond acceptors (Lipinski definition) is 4. The van der Waals surface area contributed by atoms with E-state index in [-0.39, 0.29) is 11.9 Å². The van der Waals surface area contributed by atoms with Crippen LogP contribution in [-0.2, 0) is 6.42 Å². The standard InChI is InChI=1S/C16H14ClN5O/c1-9-10-5-7-18-21-12(10)6-8-22(9)16(23)15-19-13-4-2-3-11(17)14(13)20-15/h2-5,7,9H,6,8H2,1H3,(H,19,20)/t9-/m1/s1. The van der Waals surface area contributed by atoms with Gasteiger partial charge in [-0.1, -0.05) is 17.7 Å². The van der Waals surface area contributed by atoms with Crippen molar-refractivity contribution in [3.63, 3.8) is 0 Å². The lowest BCUT2D eigenvalue weighted by Crippen LogP contribution is -2.39. The van der Waals surface area contributed by atoms with Crippen LogP contribution in [0.5, 0.6) is 0 Å². The molecule has 23 heavy (non-hydrogen) atoms. The third-order valence-electron chi connectivity index (χ3n) is 4.27. The van der Waals surface area contributed by atoms with Crippen molar-refractivity contribution in [3.8, 4) is 0 Å². The normalized spacial score (nSPS) is 17.3. The molecule has 2 aromatic heterocycles. The van der Waals surface area contributed by atoms with E-state index in [9.17, 15) is 4.79 Å². The van der Waals surface area contributed by atoms with Crippen LogP contribution in [-0.4, -0.2) is 37.5 Å². The molecule has 7 heteroatoms. The van der Waals surface area contributed by atoms with Crippen LogP contribution in [0.2, 0.25) is 5.02 Å². The number of carbonyl (C=O) groups is 1. The number of aromatic amines is 1. The van der Waals surface area contributed by atoms with Gasteiger partial charge in [0.15, 0.2) is 5.82 Å². The average molecular weight is 328 g/mol. The first-order chi connectivity index (χ1) is 11.1. The highest BCUT2D eigenvalue weighted by molar-refractivity contribution is 6.35. The summed E-state index contributed by atoms with van der Waals surface area (Å²) < 4.78 is 0. The first kappa shape index (κ1) is 14.1. The van der Waals surface area contributed by atoms with Crippen molar-refractivity contribution in [2.75, 3.05) is 6.54 Å². The summed E-state index contributed by atoms with van der Waals surface area (Å²) in [4.78, 5) is 22.1. The molecule has 0 spiro atoms. The zero-order valence-corrected chi connectivity index (χ0v) is 13.2. The van der Waals surface area contributed by atoms with E-state index in [4.69, 9.17) is 11.6 Å². The summed E-state index contributed by atoms with van der Waals surface area (Å²) in [6, 6.07) is 7.30. The van der Waals surface area contributed by atoms with Crippen molar-refractivity contribution in [2.45, 2.75) is 19.4 Å². The Morgan fingerprint density at radius 2 is 2.26 bits per heavy atom. The van der Waals surface area contributed by atoms with Gasteiger partial charge < -0.3 is 9.88 Å². The molecule has 1 aliphatic heterocycles. The van der Waals surface area contributed by atoms with Gasteiger partial charge in [-0.05, 0) is 30.7 Å². The minimum atomic E-state index is -0.132. The summed E-state index contributed by atoms with van der Waals surface area (Å²) in [5, 5.41) is 8.60. The second-order valence-corrected chi connectivity index (χ2v) is 5.99. The molecule has 3 aromatic rings. The molecule has 0 radical (unpaired) electrons. The first-order valence-corrected chi connectivity index (χ1v) is 7.78. The molecule has 4 rings (SSSR count). The third kappa shape index (κ3) is 2.26. The van der Waals surface area contributed by atoms with Gasteiger partial charge in [0, 0.05) is 19.2 Å². The Bertz CT molecular complexity index is 906. The smallest absolute Gasteiger partial charge is 0.290 e. The van der Waals surface area contributed by atoms with Crippen LogP contribution in [0.3, 0.4) is 0 Å². The van der Waals surface area contributed by atoms with E-state index >= 15 is 0 Å².